The van der Waals surface area contributed by atoms with Gasteiger partial charge in [0.25, 0.3) is 0 Å². The number of piperidine rings is 1. The highest BCUT2D eigenvalue weighted by atomic mass is 16.5. The summed E-state index contributed by atoms with van der Waals surface area (Å²) in [7, 11) is 0. The number of hydrogen-bond acceptors (Lipinski definition) is 4. The van der Waals surface area contributed by atoms with Gasteiger partial charge in [-0.2, -0.15) is 0 Å². The van der Waals surface area contributed by atoms with E-state index in [2.05, 4.69) is 35.1 Å². The molecule has 5 nitrogen and oxygen atoms in total. The minimum Gasteiger partial charge on any atom is -0.370 e. The van der Waals surface area contributed by atoms with Gasteiger partial charge in [-0.25, -0.2) is 0 Å². The topological polar surface area (TPSA) is 54.5 Å². The third kappa shape index (κ3) is 5.27. The van der Waals surface area contributed by atoms with Gasteiger partial charge in [0.2, 0.25) is 5.91 Å². The van der Waals surface area contributed by atoms with Gasteiger partial charge < -0.3 is 10.1 Å². The zero-order valence-corrected chi connectivity index (χ0v) is 16.2. The van der Waals surface area contributed by atoms with Gasteiger partial charge in [0, 0.05) is 45.0 Å². The van der Waals surface area contributed by atoms with E-state index in [-0.39, 0.29) is 17.6 Å². The largest absolute Gasteiger partial charge is 0.370 e. The van der Waals surface area contributed by atoms with Gasteiger partial charge in [0.15, 0.2) is 0 Å². The van der Waals surface area contributed by atoms with Crippen molar-refractivity contribution < 1.29 is 9.53 Å². The normalized spacial score (nSPS) is 23.8. The second kappa shape index (κ2) is 8.96. The highest BCUT2D eigenvalue weighted by molar-refractivity contribution is 5.76. The Hall–Kier alpha value is -1.46. The molecule has 2 fully saturated rings. The Bertz CT molecular complexity index is 570. The first-order valence-corrected chi connectivity index (χ1v) is 10.1. The summed E-state index contributed by atoms with van der Waals surface area (Å²) in [5.74, 6) is 0.616. The first-order valence-electron chi connectivity index (χ1n) is 10.1. The second-order valence-corrected chi connectivity index (χ2v) is 8.12. The molecule has 1 spiro atoms. The van der Waals surface area contributed by atoms with E-state index in [1.807, 2.05) is 18.5 Å². The van der Waals surface area contributed by atoms with Gasteiger partial charge >= 0.3 is 0 Å². The first kappa shape index (κ1) is 19.3. The highest BCUT2D eigenvalue weighted by Gasteiger charge is 2.42. The van der Waals surface area contributed by atoms with Crippen LogP contribution in [0, 0.1) is 5.92 Å². The van der Waals surface area contributed by atoms with Crippen molar-refractivity contribution in [1.29, 1.82) is 0 Å². The molecule has 5 heteroatoms. The molecular weight excluding hydrogens is 326 g/mol. The van der Waals surface area contributed by atoms with Gasteiger partial charge in [-0.05, 0) is 43.2 Å². The van der Waals surface area contributed by atoms with Crippen LogP contribution >= 0.6 is 0 Å². The monoisotopic (exact) mass is 359 g/mol. The molecule has 0 aliphatic carbocycles. The van der Waals surface area contributed by atoms with Crippen molar-refractivity contribution in [2.45, 2.75) is 70.6 Å². The van der Waals surface area contributed by atoms with Crippen LogP contribution < -0.4 is 5.32 Å². The number of carbonyl (C=O) groups is 1. The van der Waals surface area contributed by atoms with E-state index in [0.717, 1.165) is 51.7 Å². The standard InChI is InChI=1S/C21H33N3O2/c1-3-17(2)13-20(25)23-15-19-6-7-21(26-19)8-11-24(12-9-21)16-18-5-4-10-22-14-18/h4-5,10,14,17,19H,3,6-9,11-13,15-16H2,1-2H3,(H,23,25)/t17-,19-/m1/s1. The summed E-state index contributed by atoms with van der Waals surface area (Å²) in [5, 5.41) is 3.07. The van der Waals surface area contributed by atoms with Crippen LogP contribution in [0.5, 0.6) is 0 Å². The summed E-state index contributed by atoms with van der Waals surface area (Å²) < 4.78 is 6.42. The van der Waals surface area contributed by atoms with Crippen LogP contribution in [0.4, 0.5) is 0 Å². The minimum absolute atomic E-state index is 0.0392. The molecule has 2 aliphatic rings. The Kier molecular flexibility index (Phi) is 6.65. The Labute approximate surface area is 157 Å². The van der Waals surface area contributed by atoms with Gasteiger partial charge in [-0.3, -0.25) is 14.7 Å². The van der Waals surface area contributed by atoms with Crippen molar-refractivity contribution in [3.05, 3.63) is 30.1 Å². The Morgan fingerprint density at radius 2 is 2.23 bits per heavy atom. The number of likely N-dealkylation sites (tertiary alicyclic amines) is 1. The number of ether oxygens (including phenoxy) is 1. The van der Waals surface area contributed by atoms with E-state index in [9.17, 15) is 4.79 Å². The average Bonchev–Trinajstić information content (AvgIpc) is 3.06. The van der Waals surface area contributed by atoms with Crippen molar-refractivity contribution in [2.24, 2.45) is 5.92 Å². The molecule has 0 radical (unpaired) electrons. The third-order valence-corrected chi connectivity index (χ3v) is 5.99. The van der Waals surface area contributed by atoms with Crippen molar-refractivity contribution in [3.63, 3.8) is 0 Å². The molecule has 1 amide bonds. The molecule has 0 aromatic carbocycles. The number of rotatable bonds is 7. The summed E-state index contributed by atoms with van der Waals surface area (Å²) in [5.41, 5.74) is 1.31. The van der Waals surface area contributed by atoms with E-state index in [4.69, 9.17) is 4.74 Å². The lowest BCUT2D eigenvalue weighted by atomic mass is 9.88. The summed E-state index contributed by atoms with van der Waals surface area (Å²) in [4.78, 5) is 18.7. The van der Waals surface area contributed by atoms with Crippen LogP contribution in [0.15, 0.2) is 24.5 Å². The average molecular weight is 360 g/mol. The van der Waals surface area contributed by atoms with Crippen molar-refractivity contribution in [1.82, 2.24) is 15.2 Å². The number of nitrogens with zero attached hydrogens (tertiary/aromatic N) is 2. The molecule has 3 heterocycles. The Balaban J connectivity index is 1.39. The third-order valence-electron chi connectivity index (χ3n) is 5.99. The quantitative estimate of drug-likeness (QED) is 0.812. The highest BCUT2D eigenvalue weighted by Crippen LogP contribution is 2.39. The van der Waals surface area contributed by atoms with Crippen LogP contribution in [0.2, 0.25) is 0 Å². The fraction of sp³-hybridized carbons (Fsp3) is 0.714. The molecule has 1 aromatic heterocycles. The first-order chi connectivity index (χ1) is 12.6. The van der Waals surface area contributed by atoms with Gasteiger partial charge in [-0.15, -0.1) is 0 Å². The van der Waals surface area contributed by atoms with Crippen LogP contribution in [-0.2, 0) is 16.1 Å². The van der Waals surface area contributed by atoms with Crippen LogP contribution in [-0.4, -0.2) is 47.1 Å². The van der Waals surface area contributed by atoms with Crippen LogP contribution in [0.1, 0.15) is 57.9 Å². The number of nitrogens with one attached hydrogen (secondary N) is 1. The second-order valence-electron chi connectivity index (χ2n) is 8.12. The molecule has 1 N–H and O–H groups in total. The smallest absolute Gasteiger partial charge is 0.220 e. The maximum absolute atomic E-state index is 12.0. The predicted octanol–water partition coefficient (Wildman–Crippen LogP) is 3.15. The van der Waals surface area contributed by atoms with Crippen molar-refractivity contribution in [2.75, 3.05) is 19.6 Å². The minimum atomic E-state index is 0.0392. The Morgan fingerprint density at radius 3 is 2.92 bits per heavy atom. The molecule has 0 saturated carbocycles. The molecule has 1 aromatic rings. The van der Waals surface area contributed by atoms with Crippen LogP contribution in [0.3, 0.4) is 0 Å². The van der Waals surface area contributed by atoms with E-state index < -0.39 is 0 Å². The number of aromatic nitrogens is 1. The summed E-state index contributed by atoms with van der Waals surface area (Å²) in [6.45, 7) is 8.03. The lowest BCUT2D eigenvalue weighted by molar-refractivity contribution is -0.123. The zero-order chi connectivity index (χ0) is 18.4. The van der Waals surface area contributed by atoms with Crippen molar-refractivity contribution >= 4 is 5.91 Å². The summed E-state index contributed by atoms with van der Waals surface area (Å²) >= 11 is 0. The Morgan fingerprint density at radius 1 is 1.42 bits per heavy atom. The predicted molar refractivity (Wildman–Crippen MR) is 103 cm³/mol. The van der Waals surface area contributed by atoms with Gasteiger partial charge in [0.05, 0.1) is 11.7 Å². The number of amides is 1. The molecule has 0 unspecified atom stereocenters. The molecule has 3 rings (SSSR count). The number of pyridine rings is 1. The van der Waals surface area contributed by atoms with Gasteiger partial charge in [0.1, 0.15) is 0 Å². The lowest BCUT2D eigenvalue weighted by Gasteiger charge is -2.39. The summed E-state index contributed by atoms with van der Waals surface area (Å²) in [6.07, 6.45) is 9.99. The molecule has 2 saturated heterocycles. The number of hydrogen-bond donors (Lipinski definition) is 1. The fourth-order valence-electron chi connectivity index (χ4n) is 4.04. The van der Waals surface area contributed by atoms with Gasteiger partial charge in [-0.1, -0.05) is 26.3 Å². The zero-order valence-electron chi connectivity index (χ0n) is 16.2. The molecular formula is C21H33N3O2. The lowest BCUT2D eigenvalue weighted by Crippen LogP contribution is -2.44. The molecule has 2 atom stereocenters. The fourth-order valence-corrected chi connectivity index (χ4v) is 4.04. The number of carbonyl (C=O) groups excluding carboxylic acids is 1. The van der Waals surface area contributed by atoms with E-state index in [1.54, 1.807) is 0 Å². The van der Waals surface area contributed by atoms with Crippen molar-refractivity contribution in [3.8, 4) is 0 Å². The molecule has 0 bridgehead atoms. The van der Waals surface area contributed by atoms with Crippen LogP contribution in [0.25, 0.3) is 0 Å². The SMILES string of the molecule is CC[C@@H](C)CC(=O)NC[C@H]1CCC2(CCN(Cc3cccnc3)CC2)O1. The maximum Gasteiger partial charge on any atom is 0.220 e. The summed E-state index contributed by atoms with van der Waals surface area (Å²) in [6, 6.07) is 4.14. The van der Waals surface area contributed by atoms with E-state index in [0.29, 0.717) is 18.9 Å². The molecule has 2 aliphatic heterocycles. The molecule has 26 heavy (non-hydrogen) atoms. The maximum atomic E-state index is 12.0. The molecule has 144 valence electrons. The van der Waals surface area contributed by atoms with E-state index in [1.165, 1.54) is 5.56 Å². The van der Waals surface area contributed by atoms with E-state index >= 15 is 0 Å².